The topological polar surface area (TPSA) is 3.24 Å². The molecule has 0 N–H and O–H groups in total. The van der Waals surface area contributed by atoms with Crippen molar-refractivity contribution in [3.63, 3.8) is 0 Å². The van der Waals surface area contributed by atoms with E-state index >= 15 is 0 Å². The van der Waals surface area contributed by atoms with E-state index in [1.54, 1.807) is 0 Å². The van der Waals surface area contributed by atoms with E-state index in [1.807, 2.05) is 12.1 Å². The number of alkyl halides is 1. The number of benzene rings is 3. The van der Waals surface area contributed by atoms with Gasteiger partial charge in [0, 0.05) is 29.7 Å². The average Bonchev–Trinajstić information content (AvgIpc) is 3.01. The SMILES string of the molecule is Cc1cc(C2=C(c3ccc(Cl)cc3Cl)CCCc3ccccc32)ccc1C=C1CN(CCCF)C1. The highest BCUT2D eigenvalue weighted by atomic mass is 35.5. The van der Waals surface area contributed by atoms with Gasteiger partial charge in [-0.15, -0.1) is 0 Å². The molecule has 2 aliphatic rings. The van der Waals surface area contributed by atoms with E-state index in [1.165, 1.54) is 44.5 Å². The lowest BCUT2D eigenvalue weighted by molar-refractivity contribution is 0.239. The highest BCUT2D eigenvalue weighted by Gasteiger charge is 2.22. The van der Waals surface area contributed by atoms with Crippen LogP contribution in [0.5, 0.6) is 0 Å². The molecule has 0 aromatic heterocycles. The number of allylic oxidation sites excluding steroid dienone is 1. The van der Waals surface area contributed by atoms with Crippen molar-refractivity contribution in [2.75, 3.05) is 26.3 Å². The predicted octanol–water partition coefficient (Wildman–Crippen LogP) is 8.66. The predicted molar refractivity (Wildman–Crippen MR) is 148 cm³/mol. The van der Waals surface area contributed by atoms with Crippen molar-refractivity contribution in [2.45, 2.75) is 32.6 Å². The molecule has 0 unspecified atom stereocenters. The minimum Gasteiger partial charge on any atom is -0.295 e. The van der Waals surface area contributed by atoms with Crippen molar-refractivity contribution in [3.05, 3.63) is 110 Å². The average molecular weight is 506 g/mol. The molecule has 3 aromatic rings. The molecule has 0 spiro atoms. The van der Waals surface area contributed by atoms with Gasteiger partial charge in [0.05, 0.1) is 6.67 Å². The van der Waals surface area contributed by atoms with Gasteiger partial charge in [-0.25, -0.2) is 0 Å². The molecule has 1 nitrogen and oxygen atoms in total. The van der Waals surface area contributed by atoms with E-state index in [4.69, 9.17) is 23.2 Å². The third kappa shape index (κ3) is 5.26. The van der Waals surface area contributed by atoms with Gasteiger partial charge < -0.3 is 0 Å². The van der Waals surface area contributed by atoms with Gasteiger partial charge in [-0.3, -0.25) is 9.29 Å². The molecule has 5 rings (SSSR count). The van der Waals surface area contributed by atoms with Crippen molar-refractivity contribution >= 4 is 40.4 Å². The van der Waals surface area contributed by atoms with Crippen LogP contribution in [0.2, 0.25) is 10.0 Å². The van der Waals surface area contributed by atoms with Crippen molar-refractivity contribution < 1.29 is 4.39 Å². The maximum absolute atomic E-state index is 12.4. The van der Waals surface area contributed by atoms with E-state index in [0.29, 0.717) is 16.5 Å². The van der Waals surface area contributed by atoms with Crippen LogP contribution in [-0.2, 0) is 6.42 Å². The Morgan fingerprint density at radius 2 is 1.77 bits per heavy atom. The second-order valence-electron chi connectivity index (χ2n) is 9.62. The molecule has 0 radical (unpaired) electrons. The van der Waals surface area contributed by atoms with Crippen LogP contribution < -0.4 is 0 Å². The molecule has 0 bridgehead atoms. The summed E-state index contributed by atoms with van der Waals surface area (Å²) >= 11 is 13.0. The van der Waals surface area contributed by atoms with Crippen LogP contribution >= 0.6 is 23.2 Å². The van der Waals surface area contributed by atoms with Crippen LogP contribution in [0.3, 0.4) is 0 Å². The van der Waals surface area contributed by atoms with Gasteiger partial charge >= 0.3 is 0 Å². The third-order valence-electron chi connectivity index (χ3n) is 7.10. The number of hydrogen-bond acceptors (Lipinski definition) is 1. The van der Waals surface area contributed by atoms with Crippen molar-refractivity contribution in [1.29, 1.82) is 0 Å². The maximum Gasteiger partial charge on any atom is 0.0906 e. The van der Waals surface area contributed by atoms with Crippen molar-refractivity contribution in [1.82, 2.24) is 4.90 Å². The van der Waals surface area contributed by atoms with E-state index in [0.717, 1.165) is 44.5 Å². The Morgan fingerprint density at radius 3 is 2.54 bits per heavy atom. The minimum absolute atomic E-state index is 0.238. The van der Waals surface area contributed by atoms with E-state index in [-0.39, 0.29) is 6.67 Å². The van der Waals surface area contributed by atoms with Crippen molar-refractivity contribution in [2.24, 2.45) is 0 Å². The fourth-order valence-corrected chi connectivity index (χ4v) is 5.86. The Morgan fingerprint density at radius 1 is 0.943 bits per heavy atom. The van der Waals surface area contributed by atoms with Gasteiger partial charge in [0.25, 0.3) is 0 Å². The van der Waals surface area contributed by atoms with Gasteiger partial charge in [-0.05, 0) is 94.8 Å². The molecule has 3 aromatic carbocycles. The van der Waals surface area contributed by atoms with Gasteiger partial charge in [-0.2, -0.15) is 0 Å². The van der Waals surface area contributed by atoms with Crippen LogP contribution in [0, 0.1) is 6.92 Å². The number of halogens is 3. The minimum atomic E-state index is -0.238. The lowest BCUT2D eigenvalue weighted by Gasteiger charge is -2.34. The first-order valence-electron chi connectivity index (χ1n) is 12.4. The molecular formula is C31H30Cl2FN. The fraction of sp³-hybridized carbons (Fsp3) is 0.290. The number of likely N-dealkylation sites (tertiary alicyclic amines) is 1. The lowest BCUT2D eigenvalue weighted by Crippen LogP contribution is -2.40. The molecular weight excluding hydrogens is 476 g/mol. The Hall–Kier alpha value is -2.39. The highest BCUT2D eigenvalue weighted by Crippen LogP contribution is 2.42. The normalized spacial score (nSPS) is 16.1. The molecule has 1 aliphatic heterocycles. The smallest absolute Gasteiger partial charge is 0.0906 e. The van der Waals surface area contributed by atoms with E-state index in [9.17, 15) is 4.39 Å². The Bertz CT molecular complexity index is 1300. The zero-order chi connectivity index (χ0) is 24.4. The standard InChI is InChI=1S/C31H30Cl2FN/c1-21-16-25(11-10-24(21)17-22-19-35(20-22)15-5-14-34)31-27-8-3-2-6-23(27)7-4-9-29(31)28-13-12-26(32)18-30(28)33/h2-3,6,8,10-13,16-18H,4-5,7,9,14-15,19-20H2,1H3. The van der Waals surface area contributed by atoms with Crippen LogP contribution in [0.15, 0.2) is 66.2 Å². The molecule has 1 heterocycles. The van der Waals surface area contributed by atoms with E-state index < -0.39 is 0 Å². The quantitative estimate of drug-likeness (QED) is 0.323. The van der Waals surface area contributed by atoms with Crippen LogP contribution in [0.1, 0.15) is 52.6 Å². The molecule has 0 saturated carbocycles. The van der Waals surface area contributed by atoms with Gasteiger partial charge in [0.2, 0.25) is 0 Å². The van der Waals surface area contributed by atoms with E-state index in [2.05, 4.69) is 66.4 Å². The third-order valence-corrected chi connectivity index (χ3v) is 7.64. The molecule has 180 valence electrons. The molecule has 1 fully saturated rings. The molecule has 4 heteroatoms. The summed E-state index contributed by atoms with van der Waals surface area (Å²) in [7, 11) is 0. The van der Waals surface area contributed by atoms with Crippen molar-refractivity contribution in [3.8, 4) is 0 Å². The largest absolute Gasteiger partial charge is 0.295 e. The first kappa shape index (κ1) is 24.3. The van der Waals surface area contributed by atoms with Gasteiger partial charge in [0.15, 0.2) is 0 Å². The number of fused-ring (bicyclic) bond motifs is 1. The summed E-state index contributed by atoms with van der Waals surface area (Å²) in [5.41, 5.74) is 11.4. The number of aryl methyl sites for hydroxylation is 2. The van der Waals surface area contributed by atoms with Crippen LogP contribution in [0.25, 0.3) is 17.2 Å². The summed E-state index contributed by atoms with van der Waals surface area (Å²) < 4.78 is 12.4. The summed E-state index contributed by atoms with van der Waals surface area (Å²) in [6.07, 6.45) is 6.02. The molecule has 35 heavy (non-hydrogen) atoms. The fourth-order valence-electron chi connectivity index (χ4n) is 5.33. The Labute approximate surface area is 217 Å². The summed E-state index contributed by atoms with van der Waals surface area (Å²) in [5.74, 6) is 0. The summed E-state index contributed by atoms with van der Waals surface area (Å²) in [6.45, 7) is 4.68. The van der Waals surface area contributed by atoms with Crippen LogP contribution in [0.4, 0.5) is 4.39 Å². The first-order valence-corrected chi connectivity index (χ1v) is 13.1. The second kappa shape index (κ2) is 10.7. The first-order chi connectivity index (χ1) is 17.0. The van der Waals surface area contributed by atoms with Gasteiger partial charge in [-0.1, -0.05) is 77.8 Å². The molecule has 1 aliphatic carbocycles. The van der Waals surface area contributed by atoms with Gasteiger partial charge in [0.1, 0.15) is 0 Å². The van der Waals surface area contributed by atoms with Crippen LogP contribution in [-0.4, -0.2) is 31.2 Å². The summed E-state index contributed by atoms with van der Waals surface area (Å²) in [5, 5.41) is 1.35. The second-order valence-corrected chi connectivity index (χ2v) is 10.5. The monoisotopic (exact) mass is 505 g/mol. The number of hydrogen-bond donors (Lipinski definition) is 0. The maximum atomic E-state index is 12.4. The summed E-state index contributed by atoms with van der Waals surface area (Å²) in [4.78, 5) is 2.30. The molecule has 1 saturated heterocycles. The molecule has 0 atom stereocenters. The summed E-state index contributed by atoms with van der Waals surface area (Å²) in [6, 6.07) is 21.4. The number of rotatable bonds is 6. The Kier molecular flexibility index (Phi) is 7.43. The zero-order valence-electron chi connectivity index (χ0n) is 20.1. The Balaban J connectivity index is 1.56. The molecule has 0 amide bonds. The number of nitrogens with zero attached hydrogens (tertiary/aromatic N) is 1. The lowest BCUT2D eigenvalue weighted by atomic mass is 9.86. The zero-order valence-corrected chi connectivity index (χ0v) is 21.6. The highest BCUT2D eigenvalue weighted by molar-refractivity contribution is 6.36.